The Kier molecular flexibility index (Phi) is 11.5. The number of carbonyl (C=O) groups excluding carboxylic acids is 1. The first-order valence-corrected chi connectivity index (χ1v) is 19.3. The first kappa shape index (κ1) is 36.8. The highest BCUT2D eigenvalue weighted by Gasteiger charge is 2.33. The van der Waals surface area contributed by atoms with Crippen molar-refractivity contribution in [1.82, 2.24) is 4.98 Å². The number of amides is 2. The van der Waals surface area contributed by atoms with E-state index in [0.717, 1.165) is 45.0 Å². The van der Waals surface area contributed by atoms with E-state index in [-0.39, 0.29) is 18.8 Å². The predicted octanol–water partition coefficient (Wildman–Crippen LogP) is 11.3. The summed E-state index contributed by atoms with van der Waals surface area (Å²) in [7, 11) is 0. The van der Waals surface area contributed by atoms with Crippen LogP contribution in [0, 0.1) is 0 Å². The Bertz CT molecular complexity index is 2280. The molecule has 1 aromatic heterocycles. The number of oxazole rings is 1. The molecule has 0 spiro atoms. The average molecular weight is 762 g/mol. The van der Waals surface area contributed by atoms with Crippen LogP contribution in [0.1, 0.15) is 35.5 Å². The van der Waals surface area contributed by atoms with Crippen LogP contribution in [0.4, 0.5) is 16.2 Å². The molecule has 8 rings (SSSR count). The lowest BCUT2D eigenvalue weighted by atomic mass is 10.0. The quantitative estimate of drug-likeness (QED) is 0.105. The van der Waals surface area contributed by atoms with Crippen molar-refractivity contribution in [2.75, 3.05) is 16.4 Å². The van der Waals surface area contributed by atoms with Gasteiger partial charge in [0.05, 0.1) is 18.8 Å². The van der Waals surface area contributed by atoms with Crippen LogP contribution in [0.25, 0.3) is 22.6 Å². The number of nitrogens with one attached hydrogen (secondary N) is 2. The molecule has 3 N–H and O–H groups in total. The van der Waals surface area contributed by atoms with Crippen LogP contribution in [0.2, 0.25) is 0 Å². The van der Waals surface area contributed by atoms with Gasteiger partial charge in [-0.3, -0.25) is 0 Å². The number of nitrogens with zero attached hydrogens (tertiary/aromatic N) is 1. The van der Waals surface area contributed by atoms with Gasteiger partial charge >= 0.3 is 6.03 Å². The Labute approximate surface area is 329 Å². The number of hydrogen-bond donors (Lipinski definition) is 3. The third-order valence-corrected chi connectivity index (χ3v) is 10.2. The van der Waals surface area contributed by atoms with E-state index in [1.165, 1.54) is 11.8 Å². The third-order valence-electron chi connectivity index (χ3n) is 9.21. The van der Waals surface area contributed by atoms with Crippen molar-refractivity contribution in [3.05, 3.63) is 180 Å². The summed E-state index contributed by atoms with van der Waals surface area (Å²) in [5, 5.41) is 16.0. The van der Waals surface area contributed by atoms with Crippen molar-refractivity contribution < 1.29 is 28.5 Å². The second-order valence-corrected chi connectivity index (χ2v) is 14.2. The summed E-state index contributed by atoms with van der Waals surface area (Å²) in [5.41, 5.74) is 6.47. The molecular formula is C46H39N3O6S. The summed E-state index contributed by atoms with van der Waals surface area (Å²) in [4.78, 5) is 18.0. The second kappa shape index (κ2) is 17.5. The molecule has 1 aliphatic heterocycles. The number of para-hydroxylation sites is 1. The number of carbonyl (C=O) groups is 1. The largest absolute Gasteiger partial charge is 0.457 e. The summed E-state index contributed by atoms with van der Waals surface area (Å²) >= 11 is 1.50. The van der Waals surface area contributed by atoms with Gasteiger partial charge in [-0.05, 0) is 59.7 Å². The minimum Gasteiger partial charge on any atom is -0.457 e. The van der Waals surface area contributed by atoms with Crippen LogP contribution in [-0.2, 0) is 16.1 Å². The zero-order valence-electron chi connectivity index (χ0n) is 30.3. The fourth-order valence-electron chi connectivity index (χ4n) is 6.41. The number of aliphatic hydroxyl groups is 1. The van der Waals surface area contributed by atoms with E-state index in [1.54, 1.807) is 24.3 Å². The third kappa shape index (κ3) is 9.19. The lowest BCUT2D eigenvalue weighted by Gasteiger charge is -2.36. The molecule has 0 unspecified atom stereocenters. The number of urea groups is 1. The maximum Gasteiger partial charge on any atom is 0.323 e. The van der Waals surface area contributed by atoms with Gasteiger partial charge in [0.25, 0.3) is 5.22 Å². The molecule has 0 aliphatic carbocycles. The number of aliphatic hydroxyl groups excluding tert-OH is 1. The molecule has 1 saturated heterocycles. The zero-order valence-corrected chi connectivity index (χ0v) is 31.1. The van der Waals surface area contributed by atoms with Crippen LogP contribution in [0.3, 0.4) is 0 Å². The van der Waals surface area contributed by atoms with E-state index in [2.05, 4.69) is 10.6 Å². The maximum absolute atomic E-state index is 13.1. The first-order valence-electron chi connectivity index (χ1n) is 18.3. The van der Waals surface area contributed by atoms with Crippen LogP contribution in [-0.4, -0.2) is 28.0 Å². The number of benzene rings is 6. The molecule has 2 heterocycles. The molecule has 9 nitrogen and oxygen atoms in total. The van der Waals surface area contributed by atoms with Crippen LogP contribution >= 0.6 is 11.8 Å². The van der Waals surface area contributed by atoms with Crippen molar-refractivity contribution in [2.24, 2.45) is 0 Å². The van der Waals surface area contributed by atoms with Gasteiger partial charge in [-0.25, -0.2) is 9.78 Å². The van der Waals surface area contributed by atoms with E-state index >= 15 is 0 Å². The van der Waals surface area contributed by atoms with Gasteiger partial charge in [-0.2, -0.15) is 0 Å². The van der Waals surface area contributed by atoms with E-state index in [9.17, 15) is 9.90 Å². The average Bonchev–Trinajstić information content (AvgIpc) is 3.69. The fourth-order valence-corrected chi connectivity index (χ4v) is 7.25. The molecule has 6 aromatic carbocycles. The molecule has 3 atom stereocenters. The Morgan fingerprint density at radius 1 is 0.696 bits per heavy atom. The molecule has 10 heteroatoms. The molecule has 7 aromatic rings. The first-order chi connectivity index (χ1) is 27.6. The highest BCUT2D eigenvalue weighted by molar-refractivity contribution is 7.99. The normalized spacial score (nSPS) is 16.6. The minimum absolute atomic E-state index is 0.0375. The van der Waals surface area contributed by atoms with Crippen molar-refractivity contribution in [3.63, 3.8) is 0 Å². The van der Waals surface area contributed by atoms with Gasteiger partial charge in [0.2, 0.25) is 0 Å². The monoisotopic (exact) mass is 761 g/mol. The topological polar surface area (TPSA) is 115 Å². The Balaban J connectivity index is 0.972. The fraction of sp³-hybridized carbons (Fsp3) is 0.130. The number of rotatable bonds is 12. The number of anilines is 2. The zero-order chi connectivity index (χ0) is 38.1. The van der Waals surface area contributed by atoms with Crippen molar-refractivity contribution >= 4 is 29.2 Å². The van der Waals surface area contributed by atoms with E-state index < -0.39 is 12.3 Å². The smallest absolute Gasteiger partial charge is 0.323 e. The van der Waals surface area contributed by atoms with Gasteiger partial charge in [0, 0.05) is 40.2 Å². The van der Waals surface area contributed by atoms with Crippen molar-refractivity contribution in [1.29, 1.82) is 0 Å². The summed E-state index contributed by atoms with van der Waals surface area (Å²) in [6.07, 6.45) is -0.648. The van der Waals surface area contributed by atoms with E-state index in [4.69, 9.17) is 23.6 Å². The summed E-state index contributed by atoms with van der Waals surface area (Å²) in [5.74, 6) is 2.67. The van der Waals surface area contributed by atoms with E-state index in [1.807, 2.05) is 140 Å². The number of thioether (sulfide) groups is 1. The molecule has 2 amide bonds. The van der Waals surface area contributed by atoms with Gasteiger partial charge < -0.3 is 34.4 Å². The molecule has 0 bridgehead atoms. The second-order valence-electron chi connectivity index (χ2n) is 13.2. The number of hydrogen-bond acceptors (Lipinski definition) is 8. The summed E-state index contributed by atoms with van der Waals surface area (Å²) < 4.78 is 25.5. The summed E-state index contributed by atoms with van der Waals surface area (Å²) in [6, 6.07) is 51.6. The predicted molar refractivity (Wildman–Crippen MR) is 219 cm³/mol. The molecule has 1 aliphatic rings. The highest BCUT2D eigenvalue weighted by atomic mass is 32.2. The lowest BCUT2D eigenvalue weighted by Crippen LogP contribution is -2.31. The van der Waals surface area contributed by atoms with Crippen LogP contribution in [0.5, 0.6) is 11.5 Å². The lowest BCUT2D eigenvalue weighted by molar-refractivity contribution is -0.245. The molecule has 0 radical (unpaired) electrons. The standard InChI is InChI=1S/C46H39N3O6S/c50-29-31-19-21-32(22-20-31)41-28-40(30-56-46-49-42(33-11-4-1-5-12-33)43(55-46)34-13-6-2-7-14-34)53-44(54-41)35-15-10-16-37(27-35)48-45(51)47-36-23-25-39(26-24-36)52-38-17-8-3-9-18-38/h1-27,40-41,44,50H,28-30H2,(H2,47,48,51)/t40-,41+,44+/m1/s1. The minimum atomic E-state index is -0.719. The summed E-state index contributed by atoms with van der Waals surface area (Å²) in [6.45, 7) is -0.0375. The Morgan fingerprint density at radius 3 is 2.07 bits per heavy atom. The Morgan fingerprint density at radius 2 is 1.36 bits per heavy atom. The number of aromatic nitrogens is 1. The molecule has 0 saturated carbocycles. The van der Waals surface area contributed by atoms with Crippen LogP contribution < -0.4 is 15.4 Å². The van der Waals surface area contributed by atoms with E-state index in [0.29, 0.717) is 34.5 Å². The molecule has 280 valence electrons. The molecule has 56 heavy (non-hydrogen) atoms. The highest BCUT2D eigenvalue weighted by Crippen LogP contribution is 2.41. The van der Waals surface area contributed by atoms with Gasteiger partial charge in [0.1, 0.15) is 17.2 Å². The molecule has 1 fully saturated rings. The maximum atomic E-state index is 13.1. The Hall–Kier alpha value is -6.17. The van der Waals surface area contributed by atoms with Gasteiger partial charge in [-0.1, -0.05) is 127 Å². The van der Waals surface area contributed by atoms with Gasteiger partial charge in [0.15, 0.2) is 12.1 Å². The molecular weight excluding hydrogens is 723 g/mol. The SMILES string of the molecule is O=C(Nc1ccc(Oc2ccccc2)cc1)Nc1cccc([C@H]2O[C@@H](CSc3nc(-c4ccccc4)c(-c4ccccc4)o3)C[C@@H](c3ccc(CO)cc3)O2)c1. The van der Waals surface area contributed by atoms with Crippen LogP contribution in [0.15, 0.2) is 173 Å². The van der Waals surface area contributed by atoms with Crippen molar-refractivity contribution in [2.45, 2.75) is 36.7 Å². The number of ether oxygens (including phenoxy) is 3. The van der Waals surface area contributed by atoms with Gasteiger partial charge in [-0.15, -0.1) is 0 Å². The van der Waals surface area contributed by atoms with Crippen molar-refractivity contribution in [3.8, 4) is 34.1 Å².